The monoisotopic (exact) mass is 1390 g/mol. The number of phosphoric ester groups is 2. The maximum atomic E-state index is 13.0. The highest BCUT2D eigenvalue weighted by molar-refractivity contribution is 7.47. The first-order valence-electron chi connectivity index (χ1n) is 36.8. The van der Waals surface area contributed by atoms with Crippen LogP contribution in [0.2, 0.25) is 0 Å². The summed E-state index contributed by atoms with van der Waals surface area (Å²) >= 11 is 0. The van der Waals surface area contributed by atoms with E-state index in [9.17, 15) is 43.2 Å². The molecule has 0 aromatic carbocycles. The molecule has 0 spiro atoms. The van der Waals surface area contributed by atoms with Gasteiger partial charge in [-0.25, -0.2) is 9.13 Å². The van der Waals surface area contributed by atoms with Gasteiger partial charge in [0.25, 0.3) is 0 Å². The zero-order valence-corrected chi connectivity index (χ0v) is 61.5. The Kier molecular flexibility index (Phi) is 65.7. The predicted octanol–water partition coefficient (Wildman–Crippen LogP) is 20.8. The Morgan fingerprint density at radius 1 is 0.312 bits per heavy atom. The Hall–Kier alpha value is -4.54. The van der Waals surface area contributed by atoms with Crippen LogP contribution in [0.5, 0.6) is 0 Å². The van der Waals surface area contributed by atoms with E-state index in [0.29, 0.717) is 25.7 Å². The lowest BCUT2D eigenvalue weighted by molar-refractivity contribution is -0.161. The molecular formula is C77H130O17P2. The summed E-state index contributed by atoms with van der Waals surface area (Å²) in [4.78, 5) is 72.6. The van der Waals surface area contributed by atoms with Crippen molar-refractivity contribution in [2.24, 2.45) is 0 Å². The van der Waals surface area contributed by atoms with Crippen LogP contribution in [-0.2, 0) is 65.4 Å². The van der Waals surface area contributed by atoms with Crippen LogP contribution in [0.3, 0.4) is 0 Å². The number of rotatable bonds is 68. The lowest BCUT2D eigenvalue weighted by Crippen LogP contribution is -2.30. The summed E-state index contributed by atoms with van der Waals surface area (Å²) in [7, 11) is -9.98. The topological polar surface area (TPSA) is 237 Å². The number of unbranched alkanes of at least 4 members (excludes halogenated alkanes) is 23. The maximum Gasteiger partial charge on any atom is 0.472 e. The molecule has 0 heterocycles. The smallest absolute Gasteiger partial charge is 0.462 e. The Morgan fingerprint density at radius 3 is 0.948 bits per heavy atom. The van der Waals surface area contributed by atoms with Gasteiger partial charge in [0.15, 0.2) is 12.2 Å². The third-order valence-corrected chi connectivity index (χ3v) is 16.9. The van der Waals surface area contributed by atoms with Gasteiger partial charge >= 0.3 is 39.5 Å². The van der Waals surface area contributed by atoms with E-state index in [-0.39, 0.29) is 25.7 Å². The molecule has 0 radical (unpaired) electrons. The predicted molar refractivity (Wildman–Crippen MR) is 390 cm³/mol. The van der Waals surface area contributed by atoms with Crippen LogP contribution < -0.4 is 0 Å². The van der Waals surface area contributed by atoms with E-state index in [4.69, 9.17) is 37.0 Å². The number of aliphatic hydroxyl groups excluding tert-OH is 1. The number of allylic oxidation sites excluding steroid dienone is 19. The van der Waals surface area contributed by atoms with Crippen LogP contribution in [0.15, 0.2) is 122 Å². The van der Waals surface area contributed by atoms with Crippen LogP contribution in [0, 0.1) is 0 Å². The zero-order chi connectivity index (χ0) is 70.4. The van der Waals surface area contributed by atoms with Crippen molar-refractivity contribution in [3.8, 4) is 0 Å². The highest BCUT2D eigenvalue weighted by atomic mass is 31.2. The molecule has 0 bridgehead atoms. The molecule has 0 aromatic rings. The second-order valence-corrected chi connectivity index (χ2v) is 27.0. The van der Waals surface area contributed by atoms with Crippen molar-refractivity contribution in [2.75, 3.05) is 39.6 Å². The first kappa shape index (κ1) is 91.5. The van der Waals surface area contributed by atoms with Crippen LogP contribution in [0.4, 0.5) is 0 Å². The standard InChI is InChI=1S/C77H130O17P2/c1-5-9-13-17-21-25-29-32-35-38-42-45-49-53-57-61-74(79)87-67-72(93-76(81)63-59-55-51-47-41-28-24-20-16-12-8-4)69-91-95(83,84)89-65-71(78)66-90-96(85,86)92-70-73(94-77(82)64-60-56-52-48-44-40-37-34-31-27-23-19-15-11-7-3)68-88-75(80)62-58-54-50-46-43-39-36-33-30-26-22-18-14-10-6-2/h9-10,13-14,21-23,25-27,32-37,43,46,54,58,71-73,78H,5-8,11-12,15-20,24,28-31,38-42,44-45,47-53,55-57,59-70H2,1-4H3,(H,83,84)(H,85,86)/b13-9-,14-10-,25-21-,26-22-,27-23-,35-32-,36-33-,37-34-,46-43-,58-54-. The van der Waals surface area contributed by atoms with Gasteiger partial charge in [-0.05, 0) is 116 Å². The number of carbonyl (C=O) groups excluding carboxylic acids is 4. The van der Waals surface area contributed by atoms with Gasteiger partial charge in [-0.2, -0.15) is 0 Å². The van der Waals surface area contributed by atoms with E-state index in [1.807, 2.05) is 18.2 Å². The molecule has 3 N–H and O–H groups in total. The molecular weight excluding hydrogens is 1260 g/mol. The Balaban J connectivity index is 5.42. The summed E-state index contributed by atoms with van der Waals surface area (Å²) in [5, 5.41) is 10.6. The fourth-order valence-corrected chi connectivity index (χ4v) is 11.0. The van der Waals surface area contributed by atoms with Crippen LogP contribution in [0.25, 0.3) is 0 Å². The number of ether oxygens (including phenoxy) is 4. The van der Waals surface area contributed by atoms with Gasteiger partial charge in [0.2, 0.25) is 0 Å². The normalized spacial score (nSPS) is 14.7. The van der Waals surface area contributed by atoms with E-state index >= 15 is 0 Å². The highest BCUT2D eigenvalue weighted by Crippen LogP contribution is 2.45. The Morgan fingerprint density at radius 2 is 0.583 bits per heavy atom. The number of hydrogen-bond acceptors (Lipinski definition) is 15. The fraction of sp³-hybridized carbons (Fsp3) is 0.688. The summed E-state index contributed by atoms with van der Waals surface area (Å²) in [6.07, 6.45) is 73.7. The van der Waals surface area contributed by atoms with Gasteiger partial charge in [-0.3, -0.25) is 37.3 Å². The lowest BCUT2D eigenvalue weighted by Gasteiger charge is -2.21. The second-order valence-electron chi connectivity index (χ2n) is 24.1. The van der Waals surface area contributed by atoms with E-state index in [1.54, 1.807) is 6.08 Å². The zero-order valence-electron chi connectivity index (χ0n) is 59.8. The summed E-state index contributed by atoms with van der Waals surface area (Å²) in [6, 6.07) is 0. The minimum Gasteiger partial charge on any atom is -0.462 e. The van der Waals surface area contributed by atoms with Crippen molar-refractivity contribution in [3.63, 3.8) is 0 Å². The molecule has 550 valence electrons. The molecule has 5 unspecified atom stereocenters. The number of aliphatic hydroxyl groups is 1. The average Bonchev–Trinajstić information content (AvgIpc) is 1.09. The van der Waals surface area contributed by atoms with E-state index in [1.165, 1.54) is 57.8 Å². The molecule has 0 aliphatic rings. The van der Waals surface area contributed by atoms with Crippen molar-refractivity contribution in [1.29, 1.82) is 0 Å². The number of carbonyl (C=O) groups is 4. The number of phosphoric acid groups is 2. The second kappa shape index (κ2) is 69.0. The molecule has 0 aliphatic carbocycles. The van der Waals surface area contributed by atoms with Crippen molar-refractivity contribution in [3.05, 3.63) is 122 Å². The average molecular weight is 1390 g/mol. The van der Waals surface area contributed by atoms with Gasteiger partial charge in [-0.15, -0.1) is 0 Å². The maximum absolute atomic E-state index is 13.0. The minimum atomic E-state index is -5.00. The van der Waals surface area contributed by atoms with Crippen LogP contribution in [-0.4, -0.2) is 96.7 Å². The van der Waals surface area contributed by atoms with E-state index in [0.717, 1.165) is 148 Å². The largest absolute Gasteiger partial charge is 0.472 e. The molecule has 0 saturated heterocycles. The molecule has 0 aromatic heterocycles. The molecule has 19 heteroatoms. The van der Waals surface area contributed by atoms with E-state index < -0.39 is 97.5 Å². The summed E-state index contributed by atoms with van der Waals surface area (Å²) in [5.74, 6) is -2.36. The molecule has 17 nitrogen and oxygen atoms in total. The lowest BCUT2D eigenvalue weighted by atomic mass is 10.1. The first-order valence-corrected chi connectivity index (χ1v) is 39.8. The molecule has 0 aliphatic heterocycles. The quantitative estimate of drug-likeness (QED) is 0.0169. The Labute approximate surface area is 581 Å². The van der Waals surface area contributed by atoms with Gasteiger partial charge in [0.1, 0.15) is 19.3 Å². The van der Waals surface area contributed by atoms with Gasteiger partial charge in [0, 0.05) is 19.3 Å². The van der Waals surface area contributed by atoms with Crippen LogP contribution in [0.1, 0.15) is 285 Å². The number of esters is 4. The van der Waals surface area contributed by atoms with Crippen LogP contribution >= 0.6 is 15.6 Å². The number of hydrogen-bond donors (Lipinski definition) is 3. The molecule has 0 amide bonds. The fourth-order valence-electron chi connectivity index (χ4n) is 9.40. The Bertz CT molecular complexity index is 2300. The summed E-state index contributed by atoms with van der Waals surface area (Å²) in [5.41, 5.74) is 0. The molecule has 0 saturated carbocycles. The summed E-state index contributed by atoms with van der Waals surface area (Å²) in [6.45, 7) is 4.45. The first-order chi connectivity index (χ1) is 46.7. The van der Waals surface area contributed by atoms with Gasteiger partial charge in [-0.1, -0.05) is 265 Å². The van der Waals surface area contributed by atoms with Gasteiger partial charge in [0.05, 0.1) is 32.8 Å². The molecule has 5 atom stereocenters. The highest BCUT2D eigenvalue weighted by Gasteiger charge is 2.30. The summed E-state index contributed by atoms with van der Waals surface area (Å²) < 4.78 is 68.2. The van der Waals surface area contributed by atoms with Crippen molar-refractivity contribution in [2.45, 2.75) is 303 Å². The van der Waals surface area contributed by atoms with E-state index in [2.05, 4.69) is 125 Å². The third-order valence-electron chi connectivity index (χ3n) is 15.0. The molecule has 0 rings (SSSR count). The molecule has 0 fully saturated rings. The van der Waals surface area contributed by atoms with Crippen molar-refractivity contribution < 1.29 is 80.2 Å². The SMILES string of the molecule is CC/C=C\C/C=C\C/C=C\C/C=C\C/C=C\CC(=O)OCC(COP(=O)(O)OCC(O)COP(=O)(O)OCC(COC(=O)CCCCCCC/C=C\C/C=C\C/C=C\CC)OC(=O)CCCCCCCCCCCCC)OC(=O)CCCCCCC/C=C\C/C=C\CCCCC. The van der Waals surface area contributed by atoms with Crippen molar-refractivity contribution >= 4 is 39.5 Å². The molecule has 96 heavy (non-hydrogen) atoms. The minimum absolute atomic E-state index is 0.0574. The third kappa shape index (κ3) is 68.0. The van der Waals surface area contributed by atoms with Gasteiger partial charge < -0.3 is 33.8 Å². The van der Waals surface area contributed by atoms with Crippen molar-refractivity contribution in [1.82, 2.24) is 0 Å².